The summed E-state index contributed by atoms with van der Waals surface area (Å²) in [5, 5.41) is 0. The number of benzene rings is 2. The Balaban J connectivity index is 2.30. The molecule has 116 valence electrons. The summed E-state index contributed by atoms with van der Waals surface area (Å²) in [6, 6.07) is 17.6. The van der Waals surface area contributed by atoms with E-state index in [0.717, 1.165) is 12.1 Å². The molecule has 1 nitrogen and oxygen atoms in total. The smallest absolute Gasteiger partial charge is 0.0622 e. The Morgan fingerprint density at radius 1 is 1.00 bits per heavy atom. The van der Waals surface area contributed by atoms with Crippen molar-refractivity contribution in [2.45, 2.75) is 51.9 Å². The van der Waals surface area contributed by atoms with Gasteiger partial charge in [0.25, 0.3) is 0 Å². The van der Waals surface area contributed by atoms with E-state index in [1.54, 1.807) is 0 Å². The van der Waals surface area contributed by atoms with E-state index in [9.17, 15) is 0 Å². The molecule has 0 amide bonds. The second kappa shape index (κ2) is 7.93. The monoisotopic (exact) mass is 293 g/mol. The van der Waals surface area contributed by atoms with Crippen LogP contribution in [0, 0.1) is 0 Å². The van der Waals surface area contributed by atoms with Crippen molar-refractivity contribution in [2.24, 2.45) is 4.99 Å². The highest BCUT2D eigenvalue weighted by molar-refractivity contribution is 5.46. The third-order valence-corrected chi connectivity index (χ3v) is 4.59. The lowest BCUT2D eigenvalue weighted by Crippen LogP contribution is -2.09. The van der Waals surface area contributed by atoms with Crippen LogP contribution in [0.2, 0.25) is 0 Å². The zero-order valence-corrected chi connectivity index (χ0v) is 14.0. The van der Waals surface area contributed by atoms with Crippen molar-refractivity contribution >= 4 is 12.4 Å². The maximum atomic E-state index is 3.99. The molecule has 0 bridgehead atoms. The summed E-state index contributed by atoms with van der Waals surface area (Å²) in [6.45, 7) is 10.4. The first-order valence-electron chi connectivity index (χ1n) is 8.35. The summed E-state index contributed by atoms with van der Waals surface area (Å²) < 4.78 is 0. The standard InChI is InChI=1S/C21H27N/c1-5-8-21(18-11-13-20(22-4)14-12-18)16(3)19-10-7-9-17(6-2)15-19/h7,9-16,21H,4-6,8H2,1-3H3. The molecule has 0 saturated heterocycles. The van der Waals surface area contributed by atoms with Crippen molar-refractivity contribution in [3.63, 3.8) is 0 Å². The Kier molecular flexibility index (Phi) is 5.94. The van der Waals surface area contributed by atoms with E-state index in [0.29, 0.717) is 11.8 Å². The molecule has 22 heavy (non-hydrogen) atoms. The average Bonchev–Trinajstić information content (AvgIpc) is 2.59. The molecule has 0 aromatic heterocycles. The van der Waals surface area contributed by atoms with Crippen molar-refractivity contribution in [1.82, 2.24) is 0 Å². The van der Waals surface area contributed by atoms with Gasteiger partial charge in [0.2, 0.25) is 0 Å². The van der Waals surface area contributed by atoms with Gasteiger partial charge in [0.15, 0.2) is 0 Å². The summed E-state index contributed by atoms with van der Waals surface area (Å²) in [5.74, 6) is 1.07. The molecule has 0 aliphatic heterocycles. The Morgan fingerprint density at radius 2 is 1.73 bits per heavy atom. The third kappa shape index (κ3) is 3.85. The fourth-order valence-corrected chi connectivity index (χ4v) is 3.17. The normalized spacial score (nSPS) is 13.6. The molecule has 2 unspecified atom stereocenters. The van der Waals surface area contributed by atoms with Crippen LogP contribution >= 0.6 is 0 Å². The highest BCUT2D eigenvalue weighted by atomic mass is 14.7. The van der Waals surface area contributed by atoms with Crippen LogP contribution in [0.25, 0.3) is 0 Å². The minimum Gasteiger partial charge on any atom is -0.265 e. The molecule has 0 spiro atoms. The lowest BCUT2D eigenvalue weighted by Gasteiger charge is -2.25. The van der Waals surface area contributed by atoms with Gasteiger partial charge >= 0.3 is 0 Å². The molecule has 0 heterocycles. The van der Waals surface area contributed by atoms with Crippen LogP contribution < -0.4 is 0 Å². The lowest BCUT2D eigenvalue weighted by atomic mass is 9.79. The van der Waals surface area contributed by atoms with Crippen LogP contribution in [0.3, 0.4) is 0 Å². The van der Waals surface area contributed by atoms with Gasteiger partial charge in [-0.15, -0.1) is 0 Å². The second-order valence-electron chi connectivity index (χ2n) is 6.03. The minimum atomic E-state index is 0.522. The number of rotatable bonds is 7. The van der Waals surface area contributed by atoms with E-state index < -0.39 is 0 Å². The predicted molar refractivity (Wildman–Crippen MR) is 97.5 cm³/mol. The first kappa shape index (κ1) is 16.5. The van der Waals surface area contributed by atoms with Crippen molar-refractivity contribution in [3.05, 3.63) is 65.2 Å². The SMILES string of the molecule is C=Nc1ccc(C(CCC)C(C)c2cccc(CC)c2)cc1. The number of aliphatic imine (C=N–C) groups is 1. The average molecular weight is 293 g/mol. The lowest BCUT2D eigenvalue weighted by molar-refractivity contribution is 0.528. The molecule has 0 aliphatic carbocycles. The minimum absolute atomic E-state index is 0.522. The van der Waals surface area contributed by atoms with Crippen molar-refractivity contribution in [3.8, 4) is 0 Å². The van der Waals surface area contributed by atoms with Crippen LogP contribution in [0.4, 0.5) is 5.69 Å². The Morgan fingerprint density at radius 3 is 2.32 bits per heavy atom. The molecule has 1 heteroatoms. The maximum Gasteiger partial charge on any atom is 0.0622 e. The van der Waals surface area contributed by atoms with Gasteiger partial charge in [-0.2, -0.15) is 0 Å². The zero-order valence-electron chi connectivity index (χ0n) is 14.0. The van der Waals surface area contributed by atoms with E-state index in [-0.39, 0.29) is 0 Å². The quantitative estimate of drug-likeness (QED) is 0.533. The van der Waals surface area contributed by atoms with Gasteiger partial charge in [-0.3, -0.25) is 4.99 Å². The third-order valence-electron chi connectivity index (χ3n) is 4.59. The summed E-state index contributed by atoms with van der Waals surface area (Å²) in [5.41, 5.74) is 5.22. The number of nitrogens with zero attached hydrogens (tertiary/aromatic N) is 1. The highest BCUT2D eigenvalue weighted by Gasteiger charge is 2.20. The van der Waals surface area contributed by atoms with Gasteiger partial charge in [0.1, 0.15) is 0 Å². The van der Waals surface area contributed by atoms with E-state index >= 15 is 0 Å². The fourth-order valence-electron chi connectivity index (χ4n) is 3.17. The topological polar surface area (TPSA) is 12.4 Å². The Hall–Kier alpha value is -1.89. The van der Waals surface area contributed by atoms with Crippen LogP contribution in [-0.2, 0) is 6.42 Å². The van der Waals surface area contributed by atoms with Gasteiger partial charge in [0, 0.05) is 0 Å². The molecule has 2 rings (SSSR count). The largest absolute Gasteiger partial charge is 0.265 e. The molecule has 0 N–H and O–H groups in total. The number of hydrogen-bond acceptors (Lipinski definition) is 1. The Bertz CT molecular complexity index is 598. The van der Waals surface area contributed by atoms with Crippen LogP contribution in [0.15, 0.2) is 53.5 Å². The molecular formula is C21H27N. The Labute approximate surface area is 135 Å². The molecule has 0 saturated carbocycles. The molecule has 0 aliphatic rings. The summed E-state index contributed by atoms with van der Waals surface area (Å²) in [6.07, 6.45) is 3.50. The van der Waals surface area contributed by atoms with E-state index in [1.165, 1.54) is 29.5 Å². The van der Waals surface area contributed by atoms with Gasteiger partial charge in [0.05, 0.1) is 5.69 Å². The summed E-state index contributed by atoms with van der Waals surface area (Å²) in [4.78, 5) is 3.99. The van der Waals surface area contributed by atoms with E-state index in [1.807, 2.05) is 0 Å². The van der Waals surface area contributed by atoms with Gasteiger partial charge in [-0.1, -0.05) is 63.6 Å². The van der Waals surface area contributed by atoms with Crippen LogP contribution in [0.1, 0.15) is 62.1 Å². The molecule has 0 radical (unpaired) electrons. The highest BCUT2D eigenvalue weighted by Crippen LogP contribution is 2.37. The first-order valence-corrected chi connectivity index (χ1v) is 8.35. The fraction of sp³-hybridized carbons (Fsp3) is 0.381. The van der Waals surface area contributed by atoms with Crippen molar-refractivity contribution in [2.75, 3.05) is 0 Å². The van der Waals surface area contributed by atoms with Gasteiger partial charge in [-0.05, 0) is 60.2 Å². The predicted octanol–water partition coefficient (Wildman–Crippen LogP) is 6.27. The first-order chi connectivity index (χ1) is 10.7. The van der Waals surface area contributed by atoms with Gasteiger partial charge < -0.3 is 0 Å². The number of aryl methyl sites for hydroxylation is 1. The van der Waals surface area contributed by atoms with Crippen LogP contribution in [-0.4, -0.2) is 6.72 Å². The molecule has 2 atom stereocenters. The molecule has 2 aromatic carbocycles. The zero-order chi connectivity index (χ0) is 15.9. The number of hydrogen-bond donors (Lipinski definition) is 0. The van der Waals surface area contributed by atoms with Crippen LogP contribution in [0.5, 0.6) is 0 Å². The van der Waals surface area contributed by atoms with E-state index in [2.05, 4.69) is 81.0 Å². The van der Waals surface area contributed by atoms with Crippen molar-refractivity contribution < 1.29 is 0 Å². The summed E-state index contributed by atoms with van der Waals surface area (Å²) >= 11 is 0. The maximum absolute atomic E-state index is 3.99. The molecular weight excluding hydrogens is 266 g/mol. The summed E-state index contributed by atoms with van der Waals surface area (Å²) in [7, 11) is 0. The molecule has 0 fully saturated rings. The van der Waals surface area contributed by atoms with Gasteiger partial charge in [-0.25, -0.2) is 0 Å². The van der Waals surface area contributed by atoms with E-state index in [4.69, 9.17) is 0 Å². The molecule has 2 aromatic rings. The second-order valence-corrected chi connectivity index (χ2v) is 6.03. The van der Waals surface area contributed by atoms with Crippen molar-refractivity contribution in [1.29, 1.82) is 0 Å².